The number of carboxylic acids is 4. The van der Waals surface area contributed by atoms with Gasteiger partial charge in [-0.2, -0.15) is 0 Å². The zero-order valence-corrected chi connectivity index (χ0v) is 24.1. The van der Waals surface area contributed by atoms with Crippen molar-refractivity contribution in [2.45, 2.75) is 27.7 Å². The van der Waals surface area contributed by atoms with E-state index in [4.69, 9.17) is 39.6 Å². The van der Waals surface area contributed by atoms with E-state index in [1.807, 2.05) is 0 Å². The Morgan fingerprint density at radius 1 is 0.450 bits per heavy atom. The maximum atomic E-state index is 9.00. The number of carboxylic acid groups (broad SMARTS) is 4. The van der Waals surface area contributed by atoms with Crippen molar-refractivity contribution in [3.63, 3.8) is 0 Å². The second-order valence-corrected chi connectivity index (χ2v) is 2.08. The molecule has 0 aromatic heterocycles. The maximum Gasteiger partial charge on any atom is 0.300 e. The van der Waals surface area contributed by atoms with Crippen molar-refractivity contribution in [2.24, 2.45) is 0 Å². The van der Waals surface area contributed by atoms with Gasteiger partial charge in [-0.3, -0.25) is 19.2 Å². The third-order valence-electron chi connectivity index (χ3n) is 0. The smallest absolute Gasteiger partial charge is 0.300 e. The fraction of sp³-hybridized carbons (Fsp3) is 0.500. The summed E-state index contributed by atoms with van der Waals surface area (Å²) in [7, 11) is 0. The standard InChI is InChI=1S/4C2H4O2.4Zn/c4*1-2(3)4;;;;/h4*1H3,(H,3,4);;;;. The molecule has 0 aromatic rings. The average molecular weight is 502 g/mol. The normalized spacial score (nSPS) is 5.00. The van der Waals surface area contributed by atoms with Gasteiger partial charge < -0.3 is 20.4 Å². The van der Waals surface area contributed by atoms with E-state index in [2.05, 4.69) is 0 Å². The van der Waals surface area contributed by atoms with Crippen molar-refractivity contribution in [1.29, 1.82) is 0 Å². The van der Waals surface area contributed by atoms with Gasteiger partial charge in [-0.05, 0) is 0 Å². The molecule has 0 heterocycles. The predicted octanol–water partition coefficient (Wildman–Crippen LogP) is 0.354. The molecule has 0 aliphatic rings. The molecule has 0 radical (unpaired) electrons. The summed E-state index contributed by atoms with van der Waals surface area (Å²) in [5, 5.41) is 29.7. The number of hydrogen-bond donors (Lipinski definition) is 4. The van der Waals surface area contributed by atoms with Gasteiger partial charge >= 0.3 is 0 Å². The molecule has 0 aliphatic carbocycles. The summed E-state index contributed by atoms with van der Waals surface area (Å²) in [5.41, 5.74) is 0. The van der Waals surface area contributed by atoms with Crippen LogP contribution in [-0.4, -0.2) is 44.3 Å². The zero-order valence-electron chi connectivity index (χ0n) is 12.3. The van der Waals surface area contributed by atoms with Crippen LogP contribution in [0.15, 0.2) is 0 Å². The monoisotopic (exact) mass is 496 g/mol. The van der Waals surface area contributed by atoms with Crippen molar-refractivity contribution in [2.75, 3.05) is 0 Å². The predicted molar refractivity (Wildman–Crippen MR) is 53.2 cm³/mol. The molecular weight excluding hydrogens is 486 g/mol. The van der Waals surface area contributed by atoms with E-state index < -0.39 is 23.9 Å². The molecule has 0 spiro atoms. The minimum absolute atomic E-state index is 0. The first-order valence-corrected chi connectivity index (χ1v) is 3.71. The van der Waals surface area contributed by atoms with Crippen LogP contribution in [0.4, 0.5) is 0 Å². The summed E-state index contributed by atoms with van der Waals surface area (Å²) in [6.45, 7) is 4.33. The summed E-state index contributed by atoms with van der Waals surface area (Å²) < 4.78 is 0. The first-order valence-electron chi connectivity index (χ1n) is 3.71. The van der Waals surface area contributed by atoms with Gasteiger partial charge in [0.15, 0.2) is 0 Å². The first-order chi connectivity index (χ1) is 6.93. The molecule has 0 aliphatic heterocycles. The Morgan fingerprint density at radius 3 is 0.450 bits per heavy atom. The van der Waals surface area contributed by atoms with Crippen LogP contribution in [-0.2, 0) is 97.1 Å². The molecule has 0 saturated heterocycles. The van der Waals surface area contributed by atoms with Crippen molar-refractivity contribution < 1.29 is 118 Å². The second kappa shape index (κ2) is 42.7. The van der Waals surface area contributed by atoms with Crippen LogP contribution in [0, 0.1) is 0 Å². The third kappa shape index (κ3) is 39800. The second-order valence-electron chi connectivity index (χ2n) is 2.08. The molecule has 0 saturated carbocycles. The quantitative estimate of drug-likeness (QED) is 0.347. The number of hydrogen-bond acceptors (Lipinski definition) is 4. The van der Waals surface area contributed by atoms with Gasteiger partial charge in [0, 0.05) is 106 Å². The van der Waals surface area contributed by atoms with E-state index in [1.165, 1.54) is 0 Å². The molecule has 104 valence electrons. The molecule has 0 atom stereocenters. The molecule has 0 rings (SSSR count). The molecule has 8 nitrogen and oxygen atoms in total. The van der Waals surface area contributed by atoms with Crippen LogP contribution in [0.2, 0.25) is 0 Å². The first kappa shape index (κ1) is 49.9. The number of carbonyl (C=O) groups is 4. The Balaban J connectivity index is -0.0000000150. The van der Waals surface area contributed by atoms with E-state index in [9.17, 15) is 0 Å². The Hall–Kier alpha value is 0.374. The van der Waals surface area contributed by atoms with Gasteiger partial charge in [0.1, 0.15) is 0 Å². The molecule has 0 amide bonds. The molecule has 0 aromatic carbocycles. The SMILES string of the molecule is CC(=O)O.CC(=O)O.CC(=O)O.CC(=O)O.[Zn].[Zn].[Zn].[Zn]. The largest absolute Gasteiger partial charge is 0.481 e. The van der Waals surface area contributed by atoms with Crippen LogP contribution in [0.5, 0.6) is 0 Å². The van der Waals surface area contributed by atoms with Crippen LogP contribution >= 0.6 is 0 Å². The van der Waals surface area contributed by atoms with Crippen molar-refractivity contribution in [1.82, 2.24) is 0 Å². The third-order valence-corrected chi connectivity index (χ3v) is 0. The van der Waals surface area contributed by atoms with Crippen LogP contribution in [0.25, 0.3) is 0 Å². The summed E-state index contributed by atoms with van der Waals surface area (Å²) in [6, 6.07) is 0. The van der Waals surface area contributed by atoms with Crippen molar-refractivity contribution in [3.05, 3.63) is 0 Å². The minimum atomic E-state index is -0.833. The van der Waals surface area contributed by atoms with E-state index >= 15 is 0 Å². The van der Waals surface area contributed by atoms with Crippen LogP contribution < -0.4 is 0 Å². The van der Waals surface area contributed by atoms with Gasteiger partial charge in [0.2, 0.25) is 0 Å². The van der Waals surface area contributed by atoms with Gasteiger partial charge in [0.05, 0.1) is 0 Å². The van der Waals surface area contributed by atoms with E-state index in [0.29, 0.717) is 0 Å². The van der Waals surface area contributed by atoms with Crippen molar-refractivity contribution >= 4 is 23.9 Å². The molecule has 0 bridgehead atoms. The van der Waals surface area contributed by atoms with Crippen LogP contribution in [0.3, 0.4) is 0 Å². The summed E-state index contributed by atoms with van der Waals surface area (Å²) in [6.07, 6.45) is 0. The Kier molecular flexibility index (Phi) is 107. The maximum absolute atomic E-state index is 9.00. The Morgan fingerprint density at radius 2 is 0.450 bits per heavy atom. The average Bonchev–Trinajstić information content (AvgIpc) is 1.76. The summed E-state index contributed by atoms with van der Waals surface area (Å²) >= 11 is 0. The van der Waals surface area contributed by atoms with Gasteiger partial charge in [-0.15, -0.1) is 0 Å². The fourth-order valence-electron chi connectivity index (χ4n) is 0. The number of rotatable bonds is 0. The van der Waals surface area contributed by atoms with Crippen molar-refractivity contribution in [3.8, 4) is 0 Å². The van der Waals surface area contributed by atoms with Gasteiger partial charge in [-0.1, -0.05) is 0 Å². The fourth-order valence-corrected chi connectivity index (χ4v) is 0. The molecular formula is C8H16O8Zn4. The van der Waals surface area contributed by atoms with E-state index in [1.54, 1.807) is 0 Å². The minimum Gasteiger partial charge on any atom is -0.481 e. The molecule has 4 N–H and O–H groups in total. The Bertz CT molecular complexity index is 171. The number of aliphatic carboxylic acids is 4. The molecule has 0 fully saturated rings. The van der Waals surface area contributed by atoms with Crippen LogP contribution in [0.1, 0.15) is 27.7 Å². The topological polar surface area (TPSA) is 149 Å². The molecule has 20 heavy (non-hydrogen) atoms. The molecule has 0 unspecified atom stereocenters. The van der Waals surface area contributed by atoms with Gasteiger partial charge in [-0.25, -0.2) is 0 Å². The summed E-state index contributed by atoms with van der Waals surface area (Å²) in [5.74, 6) is -3.33. The summed E-state index contributed by atoms with van der Waals surface area (Å²) in [4.78, 5) is 36.0. The molecule has 12 heteroatoms. The van der Waals surface area contributed by atoms with E-state index in [-0.39, 0.29) is 77.9 Å². The Labute approximate surface area is 168 Å². The zero-order chi connectivity index (χ0) is 14.3. The van der Waals surface area contributed by atoms with E-state index in [0.717, 1.165) is 27.7 Å². The van der Waals surface area contributed by atoms with Gasteiger partial charge in [0.25, 0.3) is 23.9 Å².